The highest BCUT2D eigenvalue weighted by Gasteiger charge is 2.11. The predicted molar refractivity (Wildman–Crippen MR) is 103 cm³/mol. The van der Waals surface area contributed by atoms with Gasteiger partial charge in [-0.3, -0.25) is 4.99 Å². The molecule has 114 valence electrons. The van der Waals surface area contributed by atoms with Crippen molar-refractivity contribution in [3.63, 3.8) is 0 Å². The first-order valence-corrected chi connectivity index (χ1v) is 8.14. The molecule has 1 aromatic rings. The second-order valence-electron chi connectivity index (χ2n) is 4.02. The van der Waals surface area contributed by atoms with Crippen molar-refractivity contribution in [1.29, 1.82) is 0 Å². The zero-order valence-corrected chi connectivity index (χ0v) is 16.4. The molecule has 1 unspecified atom stereocenters. The summed E-state index contributed by atoms with van der Waals surface area (Å²) in [5.41, 5.74) is 0.999. The average molecular weight is 448 g/mol. The van der Waals surface area contributed by atoms with Crippen molar-refractivity contribution in [2.45, 2.75) is 13.0 Å². The minimum Gasteiger partial charge on any atom is -0.356 e. The summed E-state index contributed by atoms with van der Waals surface area (Å²) in [6.07, 6.45) is 2.08. The van der Waals surface area contributed by atoms with Gasteiger partial charge in [0, 0.05) is 29.4 Å². The lowest BCUT2D eigenvalue weighted by atomic mass is 10.1. The number of halogens is 3. The van der Waals surface area contributed by atoms with Gasteiger partial charge in [0.05, 0.1) is 6.04 Å². The van der Waals surface area contributed by atoms with Crippen LogP contribution in [0, 0.1) is 0 Å². The highest BCUT2D eigenvalue weighted by Crippen LogP contribution is 2.25. The van der Waals surface area contributed by atoms with Crippen molar-refractivity contribution in [2.75, 3.05) is 25.6 Å². The third-order valence-electron chi connectivity index (χ3n) is 2.60. The average Bonchev–Trinajstić information content (AvgIpc) is 2.37. The van der Waals surface area contributed by atoms with Gasteiger partial charge in [0.25, 0.3) is 0 Å². The topological polar surface area (TPSA) is 36.4 Å². The van der Waals surface area contributed by atoms with Gasteiger partial charge in [-0.15, -0.1) is 24.0 Å². The number of hydrogen-bond donors (Lipinski definition) is 2. The summed E-state index contributed by atoms with van der Waals surface area (Å²) in [7, 11) is 1.75. The van der Waals surface area contributed by atoms with Crippen molar-refractivity contribution in [3.8, 4) is 0 Å². The first-order valence-electron chi connectivity index (χ1n) is 5.99. The zero-order chi connectivity index (χ0) is 14.3. The van der Waals surface area contributed by atoms with E-state index in [0.29, 0.717) is 10.0 Å². The number of guanidine groups is 1. The third kappa shape index (κ3) is 6.74. The van der Waals surface area contributed by atoms with Crippen LogP contribution in [0.3, 0.4) is 0 Å². The summed E-state index contributed by atoms with van der Waals surface area (Å²) in [5, 5.41) is 7.86. The first kappa shape index (κ1) is 20.1. The van der Waals surface area contributed by atoms with Crippen molar-refractivity contribution in [2.24, 2.45) is 4.99 Å². The molecule has 0 aliphatic carbocycles. The van der Waals surface area contributed by atoms with E-state index in [1.165, 1.54) is 0 Å². The maximum atomic E-state index is 6.19. The Morgan fingerprint density at radius 2 is 2.10 bits per heavy atom. The van der Waals surface area contributed by atoms with Gasteiger partial charge >= 0.3 is 0 Å². The fourth-order valence-electron chi connectivity index (χ4n) is 1.60. The summed E-state index contributed by atoms with van der Waals surface area (Å²) in [4.78, 5) is 4.19. The molecule has 1 rings (SSSR count). The van der Waals surface area contributed by atoms with Crippen LogP contribution >= 0.6 is 58.9 Å². The van der Waals surface area contributed by atoms with Crippen LogP contribution in [0.25, 0.3) is 0 Å². The van der Waals surface area contributed by atoms with Crippen molar-refractivity contribution < 1.29 is 0 Å². The Morgan fingerprint density at radius 1 is 1.40 bits per heavy atom. The van der Waals surface area contributed by atoms with E-state index in [9.17, 15) is 0 Å². The molecule has 0 saturated carbocycles. The molecule has 2 N–H and O–H groups in total. The SMILES string of the molecule is CN=C(NCCSC)NC(C)c1ccc(Cl)cc1Cl.I. The molecule has 1 aromatic carbocycles. The van der Waals surface area contributed by atoms with Gasteiger partial charge < -0.3 is 10.6 Å². The van der Waals surface area contributed by atoms with E-state index in [4.69, 9.17) is 23.2 Å². The number of hydrogen-bond acceptors (Lipinski definition) is 2. The van der Waals surface area contributed by atoms with E-state index < -0.39 is 0 Å². The second-order valence-corrected chi connectivity index (χ2v) is 5.85. The molecule has 0 spiro atoms. The lowest BCUT2D eigenvalue weighted by Crippen LogP contribution is -2.39. The maximum absolute atomic E-state index is 6.19. The molecule has 0 bridgehead atoms. The van der Waals surface area contributed by atoms with Crippen LogP contribution in [0.1, 0.15) is 18.5 Å². The summed E-state index contributed by atoms with van der Waals surface area (Å²) in [6.45, 7) is 2.92. The summed E-state index contributed by atoms with van der Waals surface area (Å²) in [6, 6.07) is 5.58. The number of benzene rings is 1. The minimum atomic E-state index is 0. The molecular formula is C13H20Cl2IN3S. The van der Waals surface area contributed by atoms with Crippen LogP contribution in [-0.4, -0.2) is 31.6 Å². The largest absolute Gasteiger partial charge is 0.356 e. The third-order valence-corrected chi connectivity index (χ3v) is 3.78. The molecule has 3 nitrogen and oxygen atoms in total. The fourth-order valence-corrected chi connectivity index (χ4v) is 2.48. The molecule has 0 aliphatic heterocycles. The Hall–Kier alpha value is 0.150. The van der Waals surface area contributed by atoms with Gasteiger partial charge in [0.2, 0.25) is 0 Å². The lowest BCUT2D eigenvalue weighted by Gasteiger charge is -2.19. The second kappa shape index (κ2) is 10.8. The molecule has 0 fully saturated rings. The smallest absolute Gasteiger partial charge is 0.191 e. The van der Waals surface area contributed by atoms with Crippen molar-refractivity contribution >= 4 is 64.9 Å². The van der Waals surface area contributed by atoms with Crippen LogP contribution in [-0.2, 0) is 0 Å². The Labute approximate surface area is 152 Å². The van der Waals surface area contributed by atoms with Crippen LogP contribution in [0.5, 0.6) is 0 Å². The number of nitrogens with zero attached hydrogens (tertiary/aromatic N) is 1. The van der Waals surface area contributed by atoms with Crippen molar-refractivity contribution in [3.05, 3.63) is 33.8 Å². The molecule has 0 heterocycles. The Morgan fingerprint density at radius 3 is 2.65 bits per heavy atom. The Kier molecular flexibility index (Phi) is 10.9. The normalized spacial score (nSPS) is 12.6. The van der Waals surface area contributed by atoms with Crippen molar-refractivity contribution in [1.82, 2.24) is 10.6 Å². The van der Waals surface area contributed by atoms with Crippen LogP contribution in [0.4, 0.5) is 0 Å². The number of rotatable bonds is 5. The standard InChI is InChI=1S/C13H19Cl2N3S.HI/c1-9(11-5-4-10(14)8-12(11)15)18-13(16-2)17-6-7-19-3;/h4-5,8-9H,6-7H2,1-3H3,(H2,16,17,18);1H. The van der Waals surface area contributed by atoms with Gasteiger partial charge in [-0.25, -0.2) is 0 Å². The summed E-state index contributed by atoms with van der Waals surface area (Å²) < 4.78 is 0. The fraction of sp³-hybridized carbons (Fsp3) is 0.462. The van der Waals surface area contributed by atoms with Crippen LogP contribution in [0.2, 0.25) is 10.0 Å². The van der Waals surface area contributed by atoms with E-state index in [1.807, 2.05) is 19.1 Å². The number of thioether (sulfide) groups is 1. The molecule has 0 saturated heterocycles. The molecule has 0 radical (unpaired) electrons. The zero-order valence-electron chi connectivity index (χ0n) is 11.7. The quantitative estimate of drug-likeness (QED) is 0.307. The highest BCUT2D eigenvalue weighted by molar-refractivity contribution is 14.0. The Bertz CT molecular complexity index is 444. The number of nitrogens with one attached hydrogen (secondary N) is 2. The minimum absolute atomic E-state index is 0. The van der Waals surface area contributed by atoms with Crippen LogP contribution < -0.4 is 10.6 Å². The van der Waals surface area contributed by atoms with E-state index in [0.717, 1.165) is 23.8 Å². The summed E-state index contributed by atoms with van der Waals surface area (Å²) in [5.74, 6) is 1.81. The molecule has 0 aliphatic rings. The Balaban J connectivity index is 0.00000361. The molecule has 7 heteroatoms. The summed E-state index contributed by atoms with van der Waals surface area (Å²) >= 11 is 13.9. The monoisotopic (exact) mass is 447 g/mol. The molecule has 0 aromatic heterocycles. The first-order chi connectivity index (χ1) is 9.08. The van der Waals surface area contributed by atoms with Crippen LogP contribution in [0.15, 0.2) is 23.2 Å². The molecule has 20 heavy (non-hydrogen) atoms. The van der Waals surface area contributed by atoms with Gasteiger partial charge in [0.15, 0.2) is 5.96 Å². The van der Waals surface area contributed by atoms with Gasteiger partial charge in [-0.05, 0) is 30.9 Å². The van der Waals surface area contributed by atoms with E-state index in [2.05, 4.69) is 21.9 Å². The van der Waals surface area contributed by atoms with Gasteiger partial charge in [-0.1, -0.05) is 29.3 Å². The van der Waals surface area contributed by atoms with E-state index >= 15 is 0 Å². The van der Waals surface area contributed by atoms with Gasteiger partial charge in [-0.2, -0.15) is 11.8 Å². The maximum Gasteiger partial charge on any atom is 0.191 e. The molecule has 1 atom stereocenters. The molecular weight excluding hydrogens is 428 g/mol. The molecule has 0 amide bonds. The van der Waals surface area contributed by atoms with E-state index in [1.54, 1.807) is 24.9 Å². The van der Waals surface area contributed by atoms with E-state index in [-0.39, 0.29) is 30.0 Å². The predicted octanol–water partition coefficient (Wildman–Crippen LogP) is 4.20. The number of aliphatic imine (C=N–C) groups is 1. The lowest BCUT2D eigenvalue weighted by molar-refractivity contribution is 0.691. The van der Waals surface area contributed by atoms with Gasteiger partial charge in [0.1, 0.15) is 0 Å². The highest BCUT2D eigenvalue weighted by atomic mass is 127.